The van der Waals surface area contributed by atoms with Crippen molar-refractivity contribution < 1.29 is 4.79 Å². The lowest BCUT2D eigenvalue weighted by molar-refractivity contribution is 0.101. The number of rotatable bonds is 5. The molecule has 0 N–H and O–H groups in total. The lowest BCUT2D eigenvalue weighted by Gasteiger charge is -2.21. The Morgan fingerprint density at radius 1 is 0.639 bits per heavy atom. The van der Waals surface area contributed by atoms with Crippen LogP contribution in [0.1, 0.15) is 78.9 Å². The first-order chi connectivity index (χ1) is 17.5. The number of Topliss-reactive ketones (excluding diaryl/α,β-unsaturated/α-hetero) is 1. The quantitative estimate of drug-likeness (QED) is 0.263. The molecule has 0 radical (unpaired) electrons. The van der Waals surface area contributed by atoms with Gasteiger partial charge in [-0.1, -0.05) is 129 Å². The van der Waals surface area contributed by atoms with Gasteiger partial charge in [0.1, 0.15) is 0 Å². The Balaban J connectivity index is 0.000000197. The van der Waals surface area contributed by atoms with E-state index in [0.29, 0.717) is 0 Å². The number of carbonyl (C=O) groups is 1. The van der Waals surface area contributed by atoms with Gasteiger partial charge in [0.05, 0.1) is 0 Å². The van der Waals surface area contributed by atoms with Crippen molar-refractivity contribution in [2.45, 2.75) is 65.2 Å². The lowest BCUT2D eigenvalue weighted by atomic mass is 9.84. The van der Waals surface area contributed by atoms with E-state index in [-0.39, 0.29) is 5.78 Å². The van der Waals surface area contributed by atoms with Gasteiger partial charge in [0.15, 0.2) is 5.78 Å². The van der Waals surface area contributed by atoms with Crippen molar-refractivity contribution in [2.24, 2.45) is 0 Å². The van der Waals surface area contributed by atoms with Crippen molar-refractivity contribution in [3.05, 3.63) is 119 Å². The number of hydrogen-bond donors (Lipinski definition) is 0. The summed E-state index contributed by atoms with van der Waals surface area (Å²) in [5.74, 6) is 0.955. The fraction of sp³-hybridized carbons (Fsp3) is 0.286. The zero-order valence-electron chi connectivity index (χ0n) is 22.0. The number of ketones is 1. The number of benzene rings is 4. The second-order valence-electron chi connectivity index (χ2n) is 10.0. The summed E-state index contributed by atoms with van der Waals surface area (Å²) >= 11 is 0. The molecule has 1 aliphatic carbocycles. The number of hydrogen-bond acceptors (Lipinski definition) is 1. The highest BCUT2D eigenvalue weighted by atomic mass is 16.1. The van der Waals surface area contributed by atoms with E-state index < -0.39 is 0 Å². The monoisotopic (exact) mass is 474 g/mol. The van der Waals surface area contributed by atoms with Gasteiger partial charge in [0.2, 0.25) is 0 Å². The summed E-state index contributed by atoms with van der Waals surface area (Å²) in [4.78, 5) is 11.3. The third-order valence-corrected chi connectivity index (χ3v) is 7.36. The predicted octanol–water partition coefficient (Wildman–Crippen LogP) is 9.83. The van der Waals surface area contributed by atoms with E-state index in [4.69, 9.17) is 0 Å². The van der Waals surface area contributed by atoms with E-state index in [1.54, 1.807) is 12.5 Å². The molecule has 0 spiro atoms. The summed E-state index contributed by atoms with van der Waals surface area (Å²) in [6.07, 6.45) is 8.18. The van der Waals surface area contributed by atoms with Crippen molar-refractivity contribution in [3.63, 3.8) is 0 Å². The molecule has 184 valence electrons. The summed E-state index contributed by atoms with van der Waals surface area (Å²) < 4.78 is 0. The first-order valence-corrected chi connectivity index (χ1v) is 13.4. The minimum atomic E-state index is 0.0995. The van der Waals surface area contributed by atoms with E-state index in [0.717, 1.165) is 29.0 Å². The van der Waals surface area contributed by atoms with Crippen LogP contribution in [0.5, 0.6) is 0 Å². The Morgan fingerprint density at radius 3 is 1.53 bits per heavy atom. The molecule has 0 atom stereocenters. The van der Waals surface area contributed by atoms with Gasteiger partial charge >= 0.3 is 0 Å². The van der Waals surface area contributed by atoms with Crippen molar-refractivity contribution in [1.82, 2.24) is 0 Å². The molecule has 1 saturated carbocycles. The van der Waals surface area contributed by atoms with E-state index >= 15 is 0 Å². The van der Waals surface area contributed by atoms with Crippen molar-refractivity contribution in [3.8, 4) is 22.3 Å². The van der Waals surface area contributed by atoms with Crippen LogP contribution in [-0.4, -0.2) is 5.78 Å². The maximum absolute atomic E-state index is 11.3. The summed E-state index contributed by atoms with van der Waals surface area (Å²) in [6, 6.07) is 34.2. The van der Waals surface area contributed by atoms with Crippen LogP contribution in [0.4, 0.5) is 0 Å². The first kappa shape index (κ1) is 25.6. The molecule has 36 heavy (non-hydrogen) atoms. The molecule has 4 aromatic rings. The average molecular weight is 475 g/mol. The van der Waals surface area contributed by atoms with Crippen LogP contribution >= 0.6 is 0 Å². The van der Waals surface area contributed by atoms with Gasteiger partial charge < -0.3 is 0 Å². The summed E-state index contributed by atoms with van der Waals surface area (Å²) in [6.45, 7) is 5.92. The molecule has 0 unspecified atom stereocenters. The molecule has 5 rings (SSSR count). The van der Waals surface area contributed by atoms with Gasteiger partial charge in [-0.3, -0.25) is 4.79 Å². The Labute approximate surface area is 217 Å². The van der Waals surface area contributed by atoms with Crippen molar-refractivity contribution in [1.29, 1.82) is 0 Å². The van der Waals surface area contributed by atoms with Gasteiger partial charge in [0.25, 0.3) is 0 Å². The molecule has 4 aromatic carbocycles. The number of aryl methyl sites for hydroxylation is 2. The Kier molecular flexibility index (Phi) is 8.90. The number of carbonyl (C=O) groups excluding carboxylic acids is 1. The minimum Gasteiger partial charge on any atom is -0.295 e. The lowest BCUT2D eigenvalue weighted by Crippen LogP contribution is -2.04. The van der Waals surface area contributed by atoms with Crippen LogP contribution in [0, 0.1) is 6.92 Å². The van der Waals surface area contributed by atoms with Crippen molar-refractivity contribution >= 4 is 5.78 Å². The van der Waals surface area contributed by atoms with E-state index in [1.165, 1.54) is 54.4 Å². The average Bonchev–Trinajstić information content (AvgIpc) is 2.94. The highest BCUT2D eigenvalue weighted by Crippen LogP contribution is 2.32. The normalized spacial score (nSPS) is 13.5. The molecule has 1 heteroatoms. The molecule has 0 saturated heterocycles. The van der Waals surface area contributed by atoms with Crippen LogP contribution < -0.4 is 0 Å². The molecule has 1 aliphatic rings. The predicted molar refractivity (Wildman–Crippen MR) is 154 cm³/mol. The molecule has 0 amide bonds. The summed E-state index contributed by atoms with van der Waals surface area (Å²) in [5.41, 5.74) is 9.79. The van der Waals surface area contributed by atoms with Crippen LogP contribution in [0.2, 0.25) is 0 Å². The summed E-state index contributed by atoms with van der Waals surface area (Å²) in [5, 5.41) is 0. The fourth-order valence-corrected chi connectivity index (χ4v) is 4.96. The van der Waals surface area contributed by atoms with Gasteiger partial charge in [-0.15, -0.1) is 0 Å². The molecular weight excluding hydrogens is 436 g/mol. The molecule has 0 heterocycles. The Hall–Kier alpha value is -3.45. The van der Waals surface area contributed by atoms with Gasteiger partial charge in [-0.25, -0.2) is 0 Å². The molecule has 0 aromatic heterocycles. The van der Waals surface area contributed by atoms with Crippen LogP contribution in [-0.2, 0) is 6.42 Å². The summed E-state index contributed by atoms with van der Waals surface area (Å²) in [7, 11) is 0. The van der Waals surface area contributed by atoms with E-state index in [1.807, 2.05) is 24.3 Å². The van der Waals surface area contributed by atoms with Crippen LogP contribution in [0.15, 0.2) is 97.1 Å². The standard InChI is InChI=1S/C22H20O.C13H18/c1-3-17-4-6-19(7-5-17)21-12-14-22(15-13-21)20-10-8-18(9-11-20)16(2)23;1-11-7-9-13(10-8-11)12-5-3-2-4-6-12/h4-15H,3H2,1-2H3;7-10,12H,2-6H2,1H3. The molecule has 1 nitrogen and oxygen atoms in total. The van der Waals surface area contributed by atoms with Gasteiger partial charge in [0, 0.05) is 5.56 Å². The zero-order valence-corrected chi connectivity index (χ0v) is 22.0. The fourth-order valence-electron chi connectivity index (χ4n) is 4.96. The Bertz CT molecular complexity index is 1220. The highest BCUT2D eigenvalue weighted by Gasteiger charge is 2.14. The third-order valence-electron chi connectivity index (χ3n) is 7.36. The highest BCUT2D eigenvalue weighted by molar-refractivity contribution is 5.94. The Morgan fingerprint density at radius 2 is 1.08 bits per heavy atom. The van der Waals surface area contributed by atoms with Gasteiger partial charge in [-0.05, 0) is 72.4 Å². The molecular formula is C35H38O. The second kappa shape index (κ2) is 12.5. The smallest absolute Gasteiger partial charge is 0.159 e. The van der Waals surface area contributed by atoms with E-state index in [9.17, 15) is 4.79 Å². The van der Waals surface area contributed by atoms with E-state index in [2.05, 4.69) is 86.6 Å². The maximum atomic E-state index is 11.3. The maximum Gasteiger partial charge on any atom is 0.159 e. The molecule has 1 fully saturated rings. The van der Waals surface area contributed by atoms with Crippen molar-refractivity contribution in [2.75, 3.05) is 0 Å². The third kappa shape index (κ3) is 6.82. The van der Waals surface area contributed by atoms with Crippen LogP contribution in [0.3, 0.4) is 0 Å². The minimum absolute atomic E-state index is 0.0995. The second-order valence-corrected chi connectivity index (χ2v) is 10.0. The molecule has 0 bridgehead atoms. The topological polar surface area (TPSA) is 17.1 Å². The zero-order chi connectivity index (χ0) is 25.3. The first-order valence-electron chi connectivity index (χ1n) is 13.4. The van der Waals surface area contributed by atoms with Crippen LogP contribution in [0.25, 0.3) is 22.3 Å². The SMILES string of the molecule is CCc1ccc(-c2ccc(-c3ccc(C(C)=O)cc3)cc2)cc1.Cc1ccc(C2CCCCC2)cc1. The van der Waals surface area contributed by atoms with Gasteiger partial charge in [-0.2, -0.15) is 0 Å². The molecule has 0 aliphatic heterocycles. The largest absolute Gasteiger partial charge is 0.295 e.